The molecule has 0 radical (unpaired) electrons. The van der Waals surface area contributed by atoms with E-state index >= 15 is 0 Å². The van der Waals surface area contributed by atoms with Crippen molar-refractivity contribution in [2.24, 2.45) is 5.73 Å². The number of rotatable bonds is 3. The third kappa shape index (κ3) is 2.78. The van der Waals surface area contributed by atoms with Gasteiger partial charge < -0.3 is 25.1 Å². The van der Waals surface area contributed by atoms with Crippen molar-refractivity contribution in [3.8, 4) is 5.75 Å². The van der Waals surface area contributed by atoms with Crippen LogP contribution in [-0.4, -0.2) is 28.5 Å². The van der Waals surface area contributed by atoms with Gasteiger partial charge in [-0.1, -0.05) is 18.2 Å². The molecule has 3 aromatic rings. The topological polar surface area (TPSA) is 126 Å². The van der Waals surface area contributed by atoms with Crippen LogP contribution in [0.4, 0.5) is 5.69 Å². The second-order valence-corrected chi connectivity index (χ2v) is 7.85. The minimum absolute atomic E-state index is 0.0132. The van der Waals surface area contributed by atoms with E-state index in [1.165, 1.54) is 11.7 Å². The molecule has 1 unspecified atom stereocenters. The van der Waals surface area contributed by atoms with Crippen molar-refractivity contribution in [2.75, 3.05) is 12.4 Å². The summed E-state index contributed by atoms with van der Waals surface area (Å²) >= 11 is 0. The summed E-state index contributed by atoms with van der Waals surface area (Å²) in [5.41, 5.74) is 6.03. The number of nitrogens with two attached hydrogens (primary N) is 1. The zero-order valence-corrected chi connectivity index (χ0v) is 17.9. The van der Waals surface area contributed by atoms with Crippen molar-refractivity contribution in [3.63, 3.8) is 0 Å². The van der Waals surface area contributed by atoms with Gasteiger partial charge in [0.15, 0.2) is 0 Å². The zero-order valence-electron chi connectivity index (χ0n) is 17.9. The van der Waals surface area contributed by atoms with Crippen LogP contribution in [0.25, 0.3) is 0 Å². The van der Waals surface area contributed by atoms with Gasteiger partial charge in [-0.2, -0.15) is 0 Å². The van der Waals surface area contributed by atoms with Crippen LogP contribution < -0.4 is 21.3 Å². The molecule has 0 aliphatic carbocycles. The number of methoxy groups -OCH3 is 1. The van der Waals surface area contributed by atoms with E-state index in [0.29, 0.717) is 16.9 Å². The first-order chi connectivity index (χ1) is 15.9. The van der Waals surface area contributed by atoms with Gasteiger partial charge in [0.1, 0.15) is 16.7 Å². The Balaban J connectivity index is 1.86. The van der Waals surface area contributed by atoms with Crippen molar-refractivity contribution in [2.45, 2.75) is 18.9 Å². The van der Waals surface area contributed by atoms with Crippen LogP contribution in [-0.2, 0) is 26.3 Å². The highest BCUT2D eigenvalue weighted by molar-refractivity contribution is 6.17. The number of para-hydroxylation sites is 1. The maximum Gasteiger partial charge on any atom is 0.340 e. The molecular formula is C24H20N4O5. The van der Waals surface area contributed by atoms with Crippen LogP contribution in [0.5, 0.6) is 5.75 Å². The highest BCUT2D eigenvalue weighted by atomic mass is 16.5. The molecule has 0 fully saturated rings. The lowest BCUT2D eigenvalue weighted by Gasteiger charge is -2.35. The van der Waals surface area contributed by atoms with Gasteiger partial charge in [-0.3, -0.25) is 14.6 Å². The number of amides is 1. The Bertz CT molecular complexity index is 1410. The lowest BCUT2D eigenvalue weighted by atomic mass is 9.68. The minimum atomic E-state index is -1.81. The Morgan fingerprint density at radius 1 is 1.21 bits per heavy atom. The van der Waals surface area contributed by atoms with Crippen LogP contribution in [0.3, 0.4) is 0 Å². The number of aryl methyl sites for hydroxylation is 1. The van der Waals surface area contributed by atoms with Gasteiger partial charge in [-0.25, -0.2) is 4.79 Å². The van der Waals surface area contributed by atoms with Crippen molar-refractivity contribution in [1.82, 2.24) is 9.55 Å². The Morgan fingerprint density at radius 3 is 2.67 bits per heavy atom. The molecule has 166 valence electrons. The van der Waals surface area contributed by atoms with Gasteiger partial charge >= 0.3 is 5.97 Å². The third-order valence-electron chi connectivity index (χ3n) is 6.09. The second kappa shape index (κ2) is 7.33. The molecule has 0 saturated carbocycles. The number of ether oxygens (including phenoxy) is 2. The fourth-order valence-corrected chi connectivity index (χ4v) is 4.62. The molecule has 2 aliphatic rings. The lowest BCUT2D eigenvalue weighted by Crippen LogP contribution is -2.50. The molecule has 0 bridgehead atoms. The van der Waals surface area contributed by atoms with Crippen LogP contribution in [0.15, 0.2) is 71.1 Å². The predicted molar refractivity (Wildman–Crippen MR) is 118 cm³/mol. The summed E-state index contributed by atoms with van der Waals surface area (Å²) < 4.78 is 12.2. The highest BCUT2D eigenvalue weighted by Crippen LogP contribution is 2.52. The average molecular weight is 444 g/mol. The largest absolute Gasteiger partial charge is 0.465 e. The number of hydrogen-bond acceptors (Lipinski definition) is 7. The predicted octanol–water partition coefficient (Wildman–Crippen LogP) is 1.57. The summed E-state index contributed by atoms with van der Waals surface area (Å²) in [4.78, 5) is 44.6. The summed E-state index contributed by atoms with van der Waals surface area (Å²) in [7, 11) is 1.18. The molecule has 2 aliphatic heterocycles. The molecular weight excluding hydrogens is 424 g/mol. The zero-order chi connectivity index (χ0) is 23.3. The number of carbonyl (C=O) groups is 2. The summed E-state index contributed by atoms with van der Waals surface area (Å²) in [6, 6.07) is 12.1. The fraction of sp³-hybridized carbons (Fsp3) is 0.167. The quantitative estimate of drug-likeness (QED) is 0.588. The number of carbonyl (C=O) groups excluding carboxylic acids is 2. The van der Waals surface area contributed by atoms with E-state index in [4.69, 9.17) is 15.2 Å². The number of hydrogen-bond donors (Lipinski definition) is 2. The van der Waals surface area contributed by atoms with E-state index in [9.17, 15) is 14.4 Å². The van der Waals surface area contributed by atoms with Crippen LogP contribution >= 0.6 is 0 Å². The third-order valence-corrected chi connectivity index (χ3v) is 6.09. The van der Waals surface area contributed by atoms with E-state index in [-0.39, 0.29) is 29.3 Å². The maximum atomic E-state index is 14.0. The second-order valence-electron chi connectivity index (χ2n) is 7.85. The van der Waals surface area contributed by atoms with Crippen molar-refractivity contribution < 1.29 is 19.1 Å². The fourth-order valence-electron chi connectivity index (χ4n) is 4.62. The van der Waals surface area contributed by atoms with Gasteiger partial charge in [0.2, 0.25) is 11.8 Å². The number of aromatic nitrogens is 2. The van der Waals surface area contributed by atoms with Gasteiger partial charge in [-0.15, -0.1) is 0 Å². The lowest BCUT2D eigenvalue weighted by molar-refractivity contribution is -0.138. The Hall–Kier alpha value is -4.40. The Labute approximate surface area is 188 Å². The van der Waals surface area contributed by atoms with E-state index in [0.717, 1.165) is 5.56 Å². The molecule has 33 heavy (non-hydrogen) atoms. The SMILES string of the molecule is COC(=O)C1=C(N)Oc2cc(C)n(Cc3ccncc3)c(=O)c2C12C(=O)Nc1ccccc12. The average Bonchev–Trinajstić information content (AvgIpc) is 3.08. The smallest absolute Gasteiger partial charge is 0.340 e. The monoisotopic (exact) mass is 444 g/mol. The first-order valence-electron chi connectivity index (χ1n) is 10.2. The maximum absolute atomic E-state index is 14.0. The van der Waals surface area contributed by atoms with Crippen LogP contribution in [0, 0.1) is 6.92 Å². The van der Waals surface area contributed by atoms with E-state index in [1.807, 2.05) is 0 Å². The number of nitrogens with one attached hydrogen (secondary N) is 1. The summed E-state index contributed by atoms with van der Waals surface area (Å²) in [5.74, 6) is -1.59. The number of benzene rings is 1. The first-order valence-corrected chi connectivity index (χ1v) is 10.2. The van der Waals surface area contributed by atoms with Crippen LogP contribution in [0.2, 0.25) is 0 Å². The van der Waals surface area contributed by atoms with E-state index < -0.39 is 22.9 Å². The normalized spacial score (nSPS) is 18.4. The number of fused-ring (bicyclic) bond motifs is 4. The summed E-state index contributed by atoms with van der Waals surface area (Å²) in [6.45, 7) is 2.00. The first kappa shape index (κ1) is 20.5. The van der Waals surface area contributed by atoms with Crippen molar-refractivity contribution in [3.05, 3.63) is 99.1 Å². The molecule has 1 atom stereocenters. The van der Waals surface area contributed by atoms with Crippen LogP contribution in [0.1, 0.15) is 22.4 Å². The number of nitrogens with zero attached hydrogens (tertiary/aromatic N) is 2. The molecule has 1 amide bonds. The van der Waals surface area contributed by atoms with Gasteiger partial charge in [0, 0.05) is 35.4 Å². The molecule has 1 spiro atoms. The molecule has 4 heterocycles. The Morgan fingerprint density at radius 2 is 1.94 bits per heavy atom. The Kier molecular flexibility index (Phi) is 4.56. The summed E-state index contributed by atoms with van der Waals surface area (Å²) in [5, 5.41) is 2.79. The number of esters is 1. The van der Waals surface area contributed by atoms with Crippen molar-refractivity contribution >= 4 is 17.6 Å². The molecule has 0 saturated heterocycles. The molecule has 3 N–H and O–H groups in total. The molecule has 1 aromatic carbocycles. The highest BCUT2D eigenvalue weighted by Gasteiger charge is 2.60. The minimum Gasteiger partial charge on any atom is -0.465 e. The van der Waals surface area contributed by atoms with Crippen molar-refractivity contribution in [1.29, 1.82) is 0 Å². The van der Waals surface area contributed by atoms with E-state index in [2.05, 4.69) is 10.3 Å². The molecule has 9 heteroatoms. The molecule has 2 aromatic heterocycles. The number of anilines is 1. The van der Waals surface area contributed by atoms with Gasteiger partial charge in [-0.05, 0) is 30.7 Å². The van der Waals surface area contributed by atoms with E-state index in [1.54, 1.807) is 61.8 Å². The number of pyridine rings is 2. The van der Waals surface area contributed by atoms with Gasteiger partial charge in [0.25, 0.3) is 5.56 Å². The summed E-state index contributed by atoms with van der Waals surface area (Å²) in [6.07, 6.45) is 3.27. The molecule has 9 nitrogen and oxygen atoms in total. The van der Waals surface area contributed by atoms with Gasteiger partial charge in [0.05, 0.1) is 19.2 Å². The molecule has 5 rings (SSSR count). The standard InChI is InChI=1S/C24H20N4O5/c1-13-11-17-18(21(29)28(13)12-14-7-9-26-10-8-14)24(19(20(25)33-17)22(30)32-2)15-5-3-4-6-16(15)27-23(24)31/h3-11H,12,25H2,1-2H3,(H,27,31).